The van der Waals surface area contributed by atoms with Gasteiger partial charge in [0, 0.05) is 22.7 Å². The quantitative estimate of drug-likeness (QED) is 0.291. The van der Waals surface area contributed by atoms with Crippen molar-refractivity contribution in [2.24, 2.45) is 0 Å². The first kappa shape index (κ1) is 23.8. The van der Waals surface area contributed by atoms with Crippen molar-refractivity contribution in [3.8, 4) is 16.3 Å². The molecule has 1 N–H and O–H groups in total. The minimum Gasteiger partial charge on any atom is -0.485 e. The molecule has 178 valence electrons. The van der Waals surface area contributed by atoms with Crippen molar-refractivity contribution in [3.63, 3.8) is 0 Å². The fraction of sp³-hybridized carbons (Fsp3) is 0.280. The number of carboxylic acids is 1. The van der Waals surface area contributed by atoms with Crippen LogP contribution >= 0.6 is 11.3 Å². The largest absolute Gasteiger partial charge is 0.485 e. The summed E-state index contributed by atoms with van der Waals surface area (Å²) in [6, 6.07) is 12.4. The zero-order chi connectivity index (χ0) is 24.5. The summed E-state index contributed by atoms with van der Waals surface area (Å²) in [6.07, 6.45) is -1.36. The van der Waals surface area contributed by atoms with Gasteiger partial charge in [-0.2, -0.15) is 13.2 Å². The van der Waals surface area contributed by atoms with Gasteiger partial charge in [0.15, 0.2) is 0 Å². The Labute approximate surface area is 198 Å². The molecule has 0 radical (unpaired) electrons. The first-order valence-corrected chi connectivity index (χ1v) is 11.6. The summed E-state index contributed by atoms with van der Waals surface area (Å²) in [5.74, 6) is -0.274. The van der Waals surface area contributed by atoms with E-state index in [1.165, 1.54) is 23.5 Å². The fourth-order valence-electron chi connectivity index (χ4n) is 3.82. The van der Waals surface area contributed by atoms with Crippen molar-refractivity contribution in [1.29, 1.82) is 0 Å². The summed E-state index contributed by atoms with van der Waals surface area (Å²) in [5.41, 5.74) is 1.63. The van der Waals surface area contributed by atoms with E-state index in [0.717, 1.165) is 46.4 Å². The highest BCUT2D eigenvalue weighted by Gasteiger charge is 2.30. The number of thiazole rings is 1. The number of carboxylic acid groups (broad SMARTS) is 1. The molecule has 0 amide bonds. The molecule has 5 nitrogen and oxygen atoms in total. The van der Waals surface area contributed by atoms with Crippen LogP contribution in [0.5, 0.6) is 5.75 Å². The summed E-state index contributed by atoms with van der Waals surface area (Å²) in [4.78, 5) is 16.7. The molecule has 2 heterocycles. The molecule has 0 bridgehead atoms. The Kier molecular flexibility index (Phi) is 6.65. The molecule has 0 aliphatic carbocycles. The molecule has 4 aromatic rings. The standard InChI is InChI=1S/C25H23F3N2O3S/c1-3-4-20-23(34-24(29-20)16-5-7-18(8-6-16)25(26,27)28)15(2)33-19-9-10-21-17(13-19)11-12-30(21)14-22(31)32/h5-13,15H,3-4,14H2,1-2H3,(H,31,32)/t15-/m0/s1. The van der Waals surface area contributed by atoms with E-state index in [1.807, 2.05) is 32.0 Å². The molecular weight excluding hydrogens is 465 g/mol. The Morgan fingerprint density at radius 1 is 1.18 bits per heavy atom. The molecule has 4 rings (SSSR count). The number of benzene rings is 2. The van der Waals surface area contributed by atoms with Crippen LogP contribution in [-0.2, 0) is 23.9 Å². The maximum atomic E-state index is 12.9. The highest BCUT2D eigenvalue weighted by Crippen LogP contribution is 2.37. The second-order valence-electron chi connectivity index (χ2n) is 7.97. The molecule has 2 aromatic carbocycles. The summed E-state index contributed by atoms with van der Waals surface area (Å²) in [6.45, 7) is 3.85. The van der Waals surface area contributed by atoms with Crippen molar-refractivity contribution in [2.45, 2.75) is 45.5 Å². The van der Waals surface area contributed by atoms with Gasteiger partial charge < -0.3 is 14.4 Å². The van der Waals surface area contributed by atoms with E-state index in [2.05, 4.69) is 0 Å². The number of nitrogens with zero attached hydrogens (tertiary/aromatic N) is 2. The molecule has 0 saturated carbocycles. The monoisotopic (exact) mass is 488 g/mol. The van der Waals surface area contributed by atoms with Crippen LogP contribution in [0, 0.1) is 0 Å². The van der Waals surface area contributed by atoms with Crippen molar-refractivity contribution in [1.82, 2.24) is 9.55 Å². The van der Waals surface area contributed by atoms with Crippen LogP contribution in [0.3, 0.4) is 0 Å². The van der Waals surface area contributed by atoms with Gasteiger partial charge in [-0.05, 0) is 49.7 Å². The minimum atomic E-state index is -4.38. The fourth-order valence-corrected chi connectivity index (χ4v) is 4.91. The van der Waals surface area contributed by atoms with Crippen LogP contribution in [0.2, 0.25) is 0 Å². The number of carbonyl (C=O) groups is 1. The highest BCUT2D eigenvalue weighted by atomic mass is 32.1. The second-order valence-corrected chi connectivity index (χ2v) is 9.00. The number of aryl methyl sites for hydroxylation is 1. The van der Waals surface area contributed by atoms with E-state index in [-0.39, 0.29) is 12.6 Å². The number of fused-ring (bicyclic) bond motifs is 1. The van der Waals surface area contributed by atoms with Gasteiger partial charge in [0.1, 0.15) is 23.4 Å². The van der Waals surface area contributed by atoms with Crippen LogP contribution in [-0.4, -0.2) is 20.6 Å². The molecule has 9 heteroatoms. The van der Waals surface area contributed by atoms with Crippen LogP contribution in [0.4, 0.5) is 13.2 Å². The molecule has 34 heavy (non-hydrogen) atoms. The van der Waals surface area contributed by atoms with E-state index < -0.39 is 17.7 Å². The van der Waals surface area contributed by atoms with Gasteiger partial charge in [-0.3, -0.25) is 4.79 Å². The van der Waals surface area contributed by atoms with E-state index >= 15 is 0 Å². The Balaban J connectivity index is 1.58. The van der Waals surface area contributed by atoms with Crippen LogP contribution < -0.4 is 4.74 Å². The Hall–Kier alpha value is -3.33. The number of halogens is 3. The Morgan fingerprint density at radius 2 is 1.91 bits per heavy atom. The van der Waals surface area contributed by atoms with Gasteiger partial charge in [-0.15, -0.1) is 11.3 Å². The lowest BCUT2D eigenvalue weighted by Gasteiger charge is -2.15. The molecule has 0 fully saturated rings. The van der Waals surface area contributed by atoms with E-state index in [1.54, 1.807) is 16.8 Å². The maximum Gasteiger partial charge on any atom is 0.416 e. The first-order valence-electron chi connectivity index (χ1n) is 10.8. The number of aliphatic carboxylic acids is 1. The molecule has 2 aromatic heterocycles. The van der Waals surface area contributed by atoms with E-state index in [0.29, 0.717) is 16.3 Å². The number of rotatable bonds is 8. The topological polar surface area (TPSA) is 64.4 Å². The third kappa shape index (κ3) is 5.09. The van der Waals surface area contributed by atoms with Crippen molar-refractivity contribution < 1.29 is 27.8 Å². The Morgan fingerprint density at radius 3 is 2.56 bits per heavy atom. The third-order valence-corrected chi connectivity index (χ3v) is 6.71. The average molecular weight is 489 g/mol. The molecule has 0 saturated heterocycles. The number of alkyl halides is 3. The number of hydrogen-bond donors (Lipinski definition) is 1. The number of hydrogen-bond acceptors (Lipinski definition) is 4. The van der Waals surface area contributed by atoms with Gasteiger partial charge >= 0.3 is 12.1 Å². The summed E-state index contributed by atoms with van der Waals surface area (Å²) < 4.78 is 46.6. The van der Waals surface area contributed by atoms with Crippen molar-refractivity contribution in [3.05, 3.63) is 70.9 Å². The zero-order valence-corrected chi connectivity index (χ0v) is 19.4. The normalized spacial score (nSPS) is 12.7. The van der Waals surface area contributed by atoms with Crippen molar-refractivity contribution in [2.75, 3.05) is 0 Å². The van der Waals surface area contributed by atoms with Crippen LogP contribution in [0.15, 0.2) is 54.7 Å². The maximum absolute atomic E-state index is 12.9. The first-order chi connectivity index (χ1) is 16.2. The molecule has 1 atom stereocenters. The molecular formula is C25H23F3N2O3S. The molecule has 0 unspecified atom stereocenters. The van der Waals surface area contributed by atoms with Gasteiger partial charge in [0.2, 0.25) is 0 Å². The van der Waals surface area contributed by atoms with Crippen molar-refractivity contribution >= 4 is 28.2 Å². The van der Waals surface area contributed by atoms with Gasteiger partial charge in [-0.1, -0.05) is 25.5 Å². The number of aromatic nitrogens is 2. The second kappa shape index (κ2) is 9.50. The lowest BCUT2D eigenvalue weighted by molar-refractivity contribution is -0.138. The van der Waals surface area contributed by atoms with E-state index in [9.17, 15) is 18.0 Å². The summed E-state index contributed by atoms with van der Waals surface area (Å²) in [7, 11) is 0. The zero-order valence-electron chi connectivity index (χ0n) is 18.6. The average Bonchev–Trinajstić information content (AvgIpc) is 3.37. The summed E-state index contributed by atoms with van der Waals surface area (Å²) in [5, 5.41) is 10.6. The lowest BCUT2D eigenvalue weighted by Crippen LogP contribution is -2.07. The van der Waals surface area contributed by atoms with Gasteiger partial charge in [-0.25, -0.2) is 4.98 Å². The molecule has 0 aliphatic rings. The van der Waals surface area contributed by atoms with Gasteiger partial charge in [0.05, 0.1) is 16.1 Å². The molecule has 0 spiro atoms. The SMILES string of the molecule is CCCc1nc(-c2ccc(C(F)(F)F)cc2)sc1[C@H](C)Oc1ccc2c(ccn2CC(=O)O)c1. The van der Waals surface area contributed by atoms with Gasteiger partial charge in [0.25, 0.3) is 0 Å². The van der Waals surface area contributed by atoms with Crippen LogP contribution in [0.1, 0.15) is 42.5 Å². The lowest BCUT2D eigenvalue weighted by atomic mass is 10.1. The smallest absolute Gasteiger partial charge is 0.416 e. The predicted octanol–water partition coefficient (Wildman–Crippen LogP) is 6.96. The van der Waals surface area contributed by atoms with E-state index in [4.69, 9.17) is 14.8 Å². The third-order valence-electron chi connectivity index (χ3n) is 5.40. The van der Waals surface area contributed by atoms with Crippen LogP contribution in [0.25, 0.3) is 21.5 Å². The minimum absolute atomic E-state index is 0.117. The predicted molar refractivity (Wildman–Crippen MR) is 125 cm³/mol. The number of ether oxygens (including phenoxy) is 1. The Bertz CT molecular complexity index is 1310. The molecule has 0 aliphatic heterocycles. The summed E-state index contributed by atoms with van der Waals surface area (Å²) >= 11 is 1.42. The highest BCUT2D eigenvalue weighted by molar-refractivity contribution is 7.15.